The number of anilines is 1. The Labute approximate surface area is 122 Å². The Hall–Kier alpha value is -2.69. The molecule has 0 unspecified atom stereocenters. The molecular weight excluding hydrogens is 267 g/mol. The lowest BCUT2D eigenvalue weighted by Gasteiger charge is -2.02. The van der Waals surface area contributed by atoms with E-state index in [1.807, 2.05) is 6.92 Å². The van der Waals surface area contributed by atoms with Crippen LogP contribution in [-0.4, -0.2) is 14.8 Å². The van der Waals surface area contributed by atoms with E-state index in [0.717, 1.165) is 11.8 Å². The molecule has 2 heterocycles. The molecule has 5 heteroatoms. The summed E-state index contributed by atoms with van der Waals surface area (Å²) in [6.45, 7) is 2.66. The van der Waals surface area contributed by atoms with Crippen LogP contribution in [0.15, 0.2) is 48.9 Å². The van der Waals surface area contributed by atoms with Gasteiger partial charge in [-0.2, -0.15) is 5.10 Å². The van der Waals surface area contributed by atoms with E-state index in [1.165, 1.54) is 11.6 Å². The van der Waals surface area contributed by atoms with Crippen LogP contribution in [0, 0.1) is 12.7 Å². The highest BCUT2D eigenvalue weighted by Crippen LogP contribution is 2.24. The van der Waals surface area contributed by atoms with Gasteiger partial charge in [-0.3, -0.25) is 9.67 Å². The molecule has 21 heavy (non-hydrogen) atoms. The maximum atomic E-state index is 13.2. The molecule has 0 aliphatic rings. The fourth-order valence-electron chi connectivity index (χ4n) is 2.16. The first kappa shape index (κ1) is 13.3. The van der Waals surface area contributed by atoms with Gasteiger partial charge < -0.3 is 5.73 Å². The van der Waals surface area contributed by atoms with Crippen molar-refractivity contribution in [1.29, 1.82) is 0 Å². The van der Waals surface area contributed by atoms with E-state index >= 15 is 0 Å². The molecule has 0 amide bonds. The summed E-state index contributed by atoms with van der Waals surface area (Å²) in [5.74, 6) is -0.403. The number of rotatable bonds is 3. The molecule has 106 valence electrons. The SMILES string of the molecule is Cc1ccc(Cn2cc(N)c(-c3cncc(F)c3)n2)cc1. The van der Waals surface area contributed by atoms with Crippen LogP contribution in [0.3, 0.4) is 0 Å². The lowest BCUT2D eigenvalue weighted by molar-refractivity contribution is 0.621. The molecule has 3 aromatic rings. The Morgan fingerprint density at radius 1 is 1.19 bits per heavy atom. The van der Waals surface area contributed by atoms with Crippen molar-refractivity contribution in [3.05, 3.63) is 65.9 Å². The second-order valence-corrected chi connectivity index (χ2v) is 5.01. The molecule has 3 rings (SSSR count). The van der Waals surface area contributed by atoms with Crippen LogP contribution in [0.4, 0.5) is 10.1 Å². The predicted molar refractivity (Wildman–Crippen MR) is 80.1 cm³/mol. The highest BCUT2D eigenvalue weighted by Gasteiger charge is 2.10. The Kier molecular flexibility index (Phi) is 3.39. The molecular formula is C16H15FN4. The standard InChI is InChI=1S/C16H15FN4/c1-11-2-4-12(5-3-11)9-21-10-15(18)16(20-21)13-6-14(17)8-19-7-13/h2-8,10H,9,18H2,1H3. The third kappa shape index (κ3) is 2.91. The Balaban J connectivity index is 1.89. The van der Waals surface area contributed by atoms with Crippen molar-refractivity contribution in [2.45, 2.75) is 13.5 Å². The molecule has 0 bridgehead atoms. The van der Waals surface area contributed by atoms with Gasteiger partial charge in [0.25, 0.3) is 0 Å². The number of nitrogens with zero attached hydrogens (tertiary/aromatic N) is 3. The van der Waals surface area contributed by atoms with Gasteiger partial charge in [-0.1, -0.05) is 29.8 Å². The van der Waals surface area contributed by atoms with Crippen LogP contribution in [-0.2, 0) is 6.54 Å². The van der Waals surface area contributed by atoms with E-state index in [1.54, 1.807) is 17.1 Å². The van der Waals surface area contributed by atoms with Gasteiger partial charge in [-0.05, 0) is 18.6 Å². The van der Waals surface area contributed by atoms with Gasteiger partial charge in [-0.15, -0.1) is 0 Å². The minimum atomic E-state index is -0.403. The minimum absolute atomic E-state index is 0.403. The molecule has 0 saturated heterocycles. The number of benzene rings is 1. The zero-order valence-electron chi connectivity index (χ0n) is 11.6. The maximum absolute atomic E-state index is 13.2. The minimum Gasteiger partial charge on any atom is -0.396 e. The van der Waals surface area contributed by atoms with E-state index in [9.17, 15) is 4.39 Å². The van der Waals surface area contributed by atoms with Crippen LogP contribution in [0.5, 0.6) is 0 Å². The fraction of sp³-hybridized carbons (Fsp3) is 0.125. The van der Waals surface area contributed by atoms with Crippen LogP contribution < -0.4 is 5.73 Å². The Bertz CT molecular complexity index is 762. The molecule has 0 aliphatic heterocycles. The zero-order valence-corrected chi connectivity index (χ0v) is 11.6. The van der Waals surface area contributed by atoms with Gasteiger partial charge in [0.1, 0.15) is 11.5 Å². The number of nitrogen functional groups attached to an aromatic ring is 1. The first-order chi connectivity index (χ1) is 10.1. The topological polar surface area (TPSA) is 56.7 Å². The Morgan fingerprint density at radius 3 is 2.67 bits per heavy atom. The van der Waals surface area contributed by atoms with Crippen LogP contribution >= 0.6 is 0 Å². The van der Waals surface area contributed by atoms with Crippen molar-refractivity contribution < 1.29 is 4.39 Å². The summed E-state index contributed by atoms with van der Waals surface area (Å²) in [5, 5.41) is 4.42. The summed E-state index contributed by atoms with van der Waals surface area (Å²) in [7, 11) is 0. The maximum Gasteiger partial charge on any atom is 0.142 e. The number of nitrogens with two attached hydrogens (primary N) is 1. The van der Waals surface area contributed by atoms with Crippen molar-refractivity contribution >= 4 is 5.69 Å². The molecule has 0 radical (unpaired) electrons. The smallest absolute Gasteiger partial charge is 0.142 e. The number of hydrogen-bond donors (Lipinski definition) is 1. The van der Waals surface area contributed by atoms with Gasteiger partial charge in [0, 0.05) is 18.0 Å². The van der Waals surface area contributed by atoms with Crippen molar-refractivity contribution in [1.82, 2.24) is 14.8 Å². The molecule has 0 atom stereocenters. The number of pyridine rings is 1. The second kappa shape index (κ2) is 5.36. The second-order valence-electron chi connectivity index (χ2n) is 5.01. The monoisotopic (exact) mass is 282 g/mol. The number of hydrogen-bond acceptors (Lipinski definition) is 3. The van der Waals surface area contributed by atoms with E-state index in [4.69, 9.17) is 5.73 Å². The molecule has 2 N–H and O–H groups in total. The first-order valence-corrected chi connectivity index (χ1v) is 6.61. The van der Waals surface area contributed by atoms with Gasteiger partial charge in [0.05, 0.1) is 18.4 Å². The van der Waals surface area contributed by atoms with Crippen molar-refractivity contribution in [3.63, 3.8) is 0 Å². The molecule has 2 aromatic heterocycles. The summed E-state index contributed by atoms with van der Waals surface area (Å²) in [6.07, 6.45) is 4.46. The zero-order chi connectivity index (χ0) is 14.8. The number of aromatic nitrogens is 3. The van der Waals surface area contributed by atoms with Crippen molar-refractivity contribution in [3.8, 4) is 11.3 Å². The summed E-state index contributed by atoms with van der Waals surface area (Å²) in [4.78, 5) is 3.82. The average molecular weight is 282 g/mol. The third-order valence-corrected chi connectivity index (χ3v) is 3.23. The van der Waals surface area contributed by atoms with Crippen LogP contribution in [0.2, 0.25) is 0 Å². The molecule has 1 aromatic carbocycles. The average Bonchev–Trinajstić information content (AvgIpc) is 2.82. The largest absolute Gasteiger partial charge is 0.396 e. The molecule has 4 nitrogen and oxygen atoms in total. The Morgan fingerprint density at radius 2 is 1.95 bits per heavy atom. The van der Waals surface area contributed by atoms with Crippen molar-refractivity contribution in [2.24, 2.45) is 0 Å². The van der Waals surface area contributed by atoms with E-state index in [0.29, 0.717) is 23.5 Å². The van der Waals surface area contributed by atoms with E-state index in [2.05, 4.69) is 34.3 Å². The van der Waals surface area contributed by atoms with Gasteiger partial charge in [0.2, 0.25) is 0 Å². The van der Waals surface area contributed by atoms with Crippen molar-refractivity contribution in [2.75, 3.05) is 5.73 Å². The van der Waals surface area contributed by atoms with Crippen LogP contribution in [0.1, 0.15) is 11.1 Å². The number of halogens is 1. The van der Waals surface area contributed by atoms with Gasteiger partial charge >= 0.3 is 0 Å². The molecule has 0 aliphatic carbocycles. The lowest BCUT2D eigenvalue weighted by atomic mass is 10.1. The van der Waals surface area contributed by atoms with E-state index in [-0.39, 0.29) is 0 Å². The predicted octanol–water partition coefficient (Wildman–Crippen LogP) is 3.02. The summed E-state index contributed by atoms with van der Waals surface area (Å²) in [5.41, 5.74) is 9.95. The fourth-order valence-corrected chi connectivity index (χ4v) is 2.16. The highest BCUT2D eigenvalue weighted by molar-refractivity contribution is 5.71. The third-order valence-electron chi connectivity index (χ3n) is 3.23. The summed E-state index contributed by atoms with van der Waals surface area (Å²) >= 11 is 0. The normalized spacial score (nSPS) is 10.8. The van der Waals surface area contributed by atoms with Gasteiger partial charge in [0.15, 0.2) is 0 Å². The molecule has 0 spiro atoms. The molecule has 0 fully saturated rings. The summed E-state index contributed by atoms with van der Waals surface area (Å²) in [6, 6.07) is 9.59. The first-order valence-electron chi connectivity index (χ1n) is 6.61. The highest BCUT2D eigenvalue weighted by atomic mass is 19.1. The lowest BCUT2D eigenvalue weighted by Crippen LogP contribution is -2.00. The quantitative estimate of drug-likeness (QED) is 0.803. The van der Waals surface area contributed by atoms with Gasteiger partial charge in [-0.25, -0.2) is 4.39 Å². The summed E-state index contributed by atoms with van der Waals surface area (Å²) < 4.78 is 15.0. The number of aryl methyl sites for hydroxylation is 1. The van der Waals surface area contributed by atoms with Crippen LogP contribution in [0.25, 0.3) is 11.3 Å². The van der Waals surface area contributed by atoms with E-state index < -0.39 is 5.82 Å². The molecule has 0 saturated carbocycles.